The largest absolute Gasteiger partial charge is 0.497 e. The number of aromatic nitrogens is 2. The van der Waals surface area contributed by atoms with Gasteiger partial charge in [0, 0.05) is 6.54 Å². The molecule has 0 aliphatic rings. The lowest BCUT2D eigenvalue weighted by atomic mass is 10.2. The van der Waals surface area contributed by atoms with Gasteiger partial charge < -0.3 is 10.1 Å². The predicted octanol–water partition coefficient (Wildman–Crippen LogP) is 2.73. The van der Waals surface area contributed by atoms with Crippen LogP contribution in [0.3, 0.4) is 0 Å². The van der Waals surface area contributed by atoms with Gasteiger partial charge in [-0.2, -0.15) is 0 Å². The van der Waals surface area contributed by atoms with Crippen molar-refractivity contribution in [2.24, 2.45) is 0 Å². The van der Waals surface area contributed by atoms with Crippen molar-refractivity contribution >= 4 is 27.5 Å². The zero-order chi connectivity index (χ0) is 20.7. The molecule has 0 spiro atoms. The number of benzene rings is 2. The van der Waals surface area contributed by atoms with E-state index in [0.29, 0.717) is 11.6 Å². The van der Waals surface area contributed by atoms with Crippen LogP contribution in [0.25, 0.3) is 0 Å². The van der Waals surface area contributed by atoms with Gasteiger partial charge in [0.15, 0.2) is 5.03 Å². The summed E-state index contributed by atoms with van der Waals surface area (Å²) < 4.78 is 30.1. The van der Waals surface area contributed by atoms with Crippen LogP contribution in [0.2, 0.25) is 0 Å². The van der Waals surface area contributed by atoms with Crippen LogP contribution in [0.5, 0.6) is 5.75 Å². The molecular formula is C20H19N3O4S2. The number of nitrogens with one attached hydrogen (secondary N) is 1. The Morgan fingerprint density at radius 3 is 2.52 bits per heavy atom. The van der Waals surface area contributed by atoms with Crippen LogP contribution < -0.4 is 10.1 Å². The number of carbonyl (C=O) groups is 1. The van der Waals surface area contributed by atoms with Crippen molar-refractivity contribution < 1.29 is 17.9 Å². The second-order valence-electron chi connectivity index (χ2n) is 5.94. The smallest absolute Gasteiger partial charge is 0.230 e. The summed E-state index contributed by atoms with van der Waals surface area (Å²) in [5.74, 6) is 0.705. The molecule has 0 fully saturated rings. The van der Waals surface area contributed by atoms with Crippen LogP contribution in [0.4, 0.5) is 0 Å². The molecule has 0 aliphatic carbocycles. The maximum absolute atomic E-state index is 12.5. The van der Waals surface area contributed by atoms with Gasteiger partial charge in [-0.1, -0.05) is 42.1 Å². The minimum Gasteiger partial charge on any atom is -0.497 e. The number of thioether (sulfide) groups is 1. The van der Waals surface area contributed by atoms with Gasteiger partial charge in [0.2, 0.25) is 15.7 Å². The van der Waals surface area contributed by atoms with Crippen molar-refractivity contribution in [3.63, 3.8) is 0 Å². The van der Waals surface area contributed by atoms with E-state index in [-0.39, 0.29) is 21.6 Å². The fourth-order valence-corrected chi connectivity index (χ4v) is 4.22. The Balaban J connectivity index is 1.54. The van der Waals surface area contributed by atoms with Crippen LogP contribution >= 0.6 is 11.8 Å². The summed E-state index contributed by atoms with van der Waals surface area (Å²) in [5.41, 5.74) is 0.929. The summed E-state index contributed by atoms with van der Waals surface area (Å²) in [6.45, 7) is 0.385. The Labute approximate surface area is 173 Å². The third kappa shape index (κ3) is 5.55. The molecule has 150 valence electrons. The van der Waals surface area contributed by atoms with E-state index in [0.717, 1.165) is 11.3 Å². The monoisotopic (exact) mass is 429 g/mol. The summed E-state index contributed by atoms with van der Waals surface area (Å²) in [5, 5.41) is 10.9. The molecule has 7 nitrogen and oxygen atoms in total. The Bertz CT molecular complexity index is 1070. The van der Waals surface area contributed by atoms with Crippen LogP contribution in [-0.4, -0.2) is 37.4 Å². The lowest BCUT2D eigenvalue weighted by molar-refractivity contribution is -0.118. The lowest BCUT2D eigenvalue weighted by Gasteiger charge is -2.07. The van der Waals surface area contributed by atoms with Gasteiger partial charge >= 0.3 is 0 Å². The SMILES string of the molecule is COc1cccc(CNC(=O)CSc2ccc(S(=O)(=O)c3ccccc3)nn2)c1. The molecule has 0 aliphatic heterocycles. The van der Waals surface area contributed by atoms with E-state index >= 15 is 0 Å². The van der Waals surface area contributed by atoms with Crippen molar-refractivity contribution in [3.05, 3.63) is 72.3 Å². The molecule has 1 aromatic heterocycles. The third-order valence-electron chi connectivity index (χ3n) is 3.92. The number of rotatable bonds is 8. The molecule has 0 saturated heterocycles. The van der Waals surface area contributed by atoms with E-state index in [1.807, 2.05) is 24.3 Å². The van der Waals surface area contributed by atoms with Crippen LogP contribution in [0.15, 0.2) is 81.7 Å². The van der Waals surface area contributed by atoms with Crippen molar-refractivity contribution in [2.45, 2.75) is 21.5 Å². The first kappa shape index (κ1) is 20.8. The minimum absolute atomic E-state index is 0.129. The fourth-order valence-electron chi connectivity index (χ4n) is 2.42. The van der Waals surface area contributed by atoms with Crippen molar-refractivity contribution in [2.75, 3.05) is 12.9 Å². The quantitative estimate of drug-likeness (QED) is 0.550. The topological polar surface area (TPSA) is 98.2 Å². The van der Waals surface area contributed by atoms with Crippen LogP contribution in [0.1, 0.15) is 5.56 Å². The summed E-state index contributed by atoms with van der Waals surface area (Å²) >= 11 is 1.18. The molecule has 0 saturated carbocycles. The Morgan fingerprint density at radius 1 is 1.03 bits per heavy atom. The first-order chi connectivity index (χ1) is 14.0. The van der Waals surface area contributed by atoms with E-state index in [1.165, 1.54) is 30.0 Å². The average Bonchev–Trinajstić information content (AvgIpc) is 2.77. The number of hydrogen-bond donors (Lipinski definition) is 1. The number of ether oxygens (including phenoxy) is 1. The molecule has 1 heterocycles. The molecule has 3 rings (SSSR count). The Kier molecular flexibility index (Phi) is 6.84. The summed E-state index contributed by atoms with van der Waals surface area (Å²) in [6.07, 6.45) is 0. The van der Waals surface area contributed by atoms with Gasteiger partial charge in [-0.15, -0.1) is 10.2 Å². The number of nitrogens with zero attached hydrogens (tertiary/aromatic N) is 2. The number of carbonyl (C=O) groups excluding carboxylic acids is 1. The van der Waals surface area contributed by atoms with E-state index in [1.54, 1.807) is 31.4 Å². The first-order valence-electron chi connectivity index (χ1n) is 8.65. The van der Waals surface area contributed by atoms with E-state index in [9.17, 15) is 13.2 Å². The van der Waals surface area contributed by atoms with E-state index in [4.69, 9.17) is 4.74 Å². The van der Waals surface area contributed by atoms with Gasteiger partial charge in [0.1, 0.15) is 10.8 Å². The molecule has 0 unspecified atom stereocenters. The van der Waals surface area contributed by atoms with Gasteiger partial charge in [0.25, 0.3) is 0 Å². The summed E-state index contributed by atoms with van der Waals surface area (Å²) in [7, 11) is -2.12. The Hall–Kier alpha value is -2.91. The number of sulfone groups is 1. The van der Waals surface area contributed by atoms with Crippen molar-refractivity contribution in [1.82, 2.24) is 15.5 Å². The predicted molar refractivity (Wildman–Crippen MR) is 109 cm³/mol. The van der Waals surface area contributed by atoms with Crippen LogP contribution in [0, 0.1) is 0 Å². The molecule has 1 N–H and O–H groups in total. The highest BCUT2D eigenvalue weighted by atomic mass is 32.2. The van der Waals surface area contributed by atoms with Gasteiger partial charge in [-0.3, -0.25) is 4.79 Å². The zero-order valence-corrected chi connectivity index (χ0v) is 17.2. The zero-order valence-electron chi connectivity index (χ0n) is 15.6. The highest BCUT2D eigenvalue weighted by molar-refractivity contribution is 7.99. The second kappa shape index (κ2) is 9.53. The summed E-state index contributed by atoms with van der Waals surface area (Å²) in [6, 6.07) is 18.4. The van der Waals surface area contributed by atoms with Crippen molar-refractivity contribution in [1.29, 1.82) is 0 Å². The fraction of sp³-hybridized carbons (Fsp3) is 0.150. The highest BCUT2D eigenvalue weighted by Gasteiger charge is 2.19. The standard InChI is InChI=1S/C20H19N3O4S2/c1-27-16-7-5-6-15(12-16)13-21-18(24)14-28-19-10-11-20(23-22-19)29(25,26)17-8-3-2-4-9-17/h2-12H,13-14H2,1H3,(H,21,24). The van der Waals surface area contributed by atoms with Gasteiger partial charge in [-0.05, 0) is 42.0 Å². The van der Waals surface area contributed by atoms with E-state index in [2.05, 4.69) is 15.5 Å². The molecule has 0 bridgehead atoms. The first-order valence-corrected chi connectivity index (χ1v) is 11.1. The maximum atomic E-state index is 12.5. The molecule has 2 aromatic carbocycles. The molecule has 3 aromatic rings. The second-order valence-corrected chi connectivity index (χ2v) is 8.84. The number of amides is 1. The highest BCUT2D eigenvalue weighted by Crippen LogP contribution is 2.20. The molecule has 9 heteroatoms. The molecule has 0 atom stereocenters. The average molecular weight is 430 g/mol. The van der Waals surface area contributed by atoms with Gasteiger partial charge in [0.05, 0.1) is 17.8 Å². The normalized spacial score (nSPS) is 11.1. The number of hydrogen-bond acceptors (Lipinski definition) is 7. The molecule has 1 amide bonds. The minimum atomic E-state index is -3.70. The lowest BCUT2D eigenvalue weighted by Crippen LogP contribution is -2.24. The maximum Gasteiger partial charge on any atom is 0.230 e. The van der Waals surface area contributed by atoms with Crippen molar-refractivity contribution in [3.8, 4) is 5.75 Å². The van der Waals surface area contributed by atoms with E-state index < -0.39 is 9.84 Å². The molecule has 0 radical (unpaired) electrons. The Morgan fingerprint density at radius 2 is 1.83 bits per heavy atom. The molecular weight excluding hydrogens is 410 g/mol. The van der Waals surface area contributed by atoms with Crippen LogP contribution in [-0.2, 0) is 21.2 Å². The summed E-state index contributed by atoms with van der Waals surface area (Å²) in [4.78, 5) is 12.2. The third-order valence-corrected chi connectivity index (χ3v) is 6.50. The molecule has 29 heavy (non-hydrogen) atoms. The number of methoxy groups -OCH3 is 1. The van der Waals surface area contributed by atoms with Gasteiger partial charge in [-0.25, -0.2) is 8.42 Å².